The molecule has 0 saturated carbocycles. The Morgan fingerprint density at radius 2 is 1.95 bits per heavy atom. The van der Waals surface area contributed by atoms with Gasteiger partial charge in [-0.25, -0.2) is 0 Å². The van der Waals surface area contributed by atoms with Crippen LogP contribution in [0.25, 0.3) is 0 Å². The van der Waals surface area contributed by atoms with E-state index in [4.69, 9.17) is 16.3 Å². The molecule has 110 valence electrons. The Labute approximate surface area is 127 Å². The van der Waals surface area contributed by atoms with Gasteiger partial charge in [0.2, 0.25) is 0 Å². The lowest BCUT2D eigenvalue weighted by molar-refractivity contribution is 0.150. The van der Waals surface area contributed by atoms with Gasteiger partial charge >= 0.3 is 0 Å². The van der Waals surface area contributed by atoms with E-state index >= 15 is 0 Å². The average molecular weight is 294 g/mol. The van der Waals surface area contributed by atoms with Gasteiger partial charge in [0.25, 0.3) is 0 Å². The Bertz CT molecular complexity index is 420. The number of alkyl halides is 1. The summed E-state index contributed by atoms with van der Waals surface area (Å²) in [6.07, 6.45) is 7.78. The number of rotatable bonds is 5. The monoisotopic (exact) mass is 293 g/mol. The third-order valence-corrected chi connectivity index (χ3v) is 4.93. The van der Waals surface area contributed by atoms with Crippen LogP contribution in [0.2, 0.25) is 0 Å². The van der Waals surface area contributed by atoms with Crippen molar-refractivity contribution in [3.8, 4) is 5.75 Å². The number of ether oxygens (including phenoxy) is 1. The van der Waals surface area contributed by atoms with Gasteiger partial charge in [-0.05, 0) is 56.3 Å². The zero-order valence-corrected chi connectivity index (χ0v) is 12.8. The van der Waals surface area contributed by atoms with E-state index in [0.29, 0.717) is 18.5 Å². The van der Waals surface area contributed by atoms with Crippen LogP contribution >= 0.6 is 11.6 Å². The number of hydrogen-bond acceptors (Lipinski definition) is 2. The summed E-state index contributed by atoms with van der Waals surface area (Å²) in [5, 5.41) is 0. The summed E-state index contributed by atoms with van der Waals surface area (Å²) in [5.74, 6) is 1.63. The topological polar surface area (TPSA) is 12.5 Å². The minimum absolute atomic E-state index is 0.636. The predicted octanol–water partition coefficient (Wildman–Crippen LogP) is 4.38. The van der Waals surface area contributed by atoms with E-state index in [2.05, 4.69) is 29.2 Å². The van der Waals surface area contributed by atoms with Crippen LogP contribution in [-0.2, 0) is 0 Å². The highest BCUT2D eigenvalue weighted by Crippen LogP contribution is 2.40. The van der Waals surface area contributed by atoms with Crippen molar-refractivity contribution in [2.75, 3.05) is 19.0 Å². The Kier molecular flexibility index (Phi) is 4.85. The van der Waals surface area contributed by atoms with E-state index in [1.807, 2.05) is 0 Å². The Balaban J connectivity index is 1.62. The van der Waals surface area contributed by atoms with Gasteiger partial charge in [0.15, 0.2) is 0 Å². The lowest BCUT2D eigenvalue weighted by atomic mass is 10.0. The molecule has 2 nitrogen and oxygen atoms in total. The summed E-state index contributed by atoms with van der Waals surface area (Å²) in [6, 6.07) is 10.2. The molecule has 0 spiro atoms. The van der Waals surface area contributed by atoms with Crippen LogP contribution < -0.4 is 4.74 Å². The highest BCUT2D eigenvalue weighted by molar-refractivity contribution is 6.17. The molecule has 0 N–H and O–H groups in total. The maximum Gasteiger partial charge on any atom is 0.119 e. The number of nitrogens with zero attached hydrogens (tertiary/aromatic N) is 1. The van der Waals surface area contributed by atoms with E-state index in [1.165, 1.54) is 44.2 Å². The van der Waals surface area contributed by atoms with Gasteiger partial charge in [0.05, 0.1) is 6.61 Å². The summed E-state index contributed by atoms with van der Waals surface area (Å²) in [7, 11) is 0. The Hall–Kier alpha value is -0.730. The quantitative estimate of drug-likeness (QED) is 0.590. The van der Waals surface area contributed by atoms with Gasteiger partial charge in [0, 0.05) is 18.0 Å². The summed E-state index contributed by atoms with van der Waals surface area (Å²) < 4.78 is 5.67. The molecule has 2 aliphatic rings. The number of piperidine rings is 1. The van der Waals surface area contributed by atoms with Crippen LogP contribution in [-0.4, -0.2) is 30.0 Å². The number of hydrogen-bond donors (Lipinski definition) is 0. The number of halogens is 1. The van der Waals surface area contributed by atoms with Crippen molar-refractivity contribution in [2.24, 2.45) is 0 Å². The first kappa shape index (κ1) is 14.2. The molecular formula is C17H24ClNO. The molecule has 2 unspecified atom stereocenters. The standard InChI is InChI=1S/C17H24ClNO/c18-11-3-13-20-16-8-5-14(6-9-16)17-10-7-15-4-1-2-12-19(15)17/h5-6,8-9,15,17H,1-4,7,10-13H2. The maximum atomic E-state index is 5.67. The highest BCUT2D eigenvalue weighted by Gasteiger charge is 2.35. The van der Waals surface area contributed by atoms with Crippen molar-refractivity contribution in [3.05, 3.63) is 29.8 Å². The molecule has 2 fully saturated rings. The molecule has 0 aromatic heterocycles. The summed E-state index contributed by atoms with van der Waals surface area (Å²) in [5.41, 5.74) is 1.46. The van der Waals surface area contributed by atoms with Crippen LogP contribution in [0.1, 0.15) is 50.1 Å². The second-order valence-electron chi connectivity index (χ2n) is 5.94. The van der Waals surface area contributed by atoms with Crippen molar-refractivity contribution in [3.63, 3.8) is 0 Å². The zero-order chi connectivity index (χ0) is 13.8. The summed E-state index contributed by atoms with van der Waals surface area (Å²) in [4.78, 5) is 2.73. The van der Waals surface area contributed by atoms with Crippen molar-refractivity contribution < 1.29 is 4.74 Å². The van der Waals surface area contributed by atoms with E-state index in [1.54, 1.807) is 0 Å². The second-order valence-corrected chi connectivity index (χ2v) is 6.32. The Morgan fingerprint density at radius 1 is 1.10 bits per heavy atom. The molecule has 0 bridgehead atoms. The van der Waals surface area contributed by atoms with Crippen LogP contribution in [0.15, 0.2) is 24.3 Å². The first-order valence-corrected chi connectivity index (χ1v) is 8.46. The number of fused-ring (bicyclic) bond motifs is 1. The molecule has 2 heterocycles. The van der Waals surface area contributed by atoms with Crippen molar-refractivity contribution in [1.29, 1.82) is 0 Å². The lowest BCUT2D eigenvalue weighted by Gasteiger charge is -2.34. The lowest BCUT2D eigenvalue weighted by Crippen LogP contribution is -2.35. The van der Waals surface area contributed by atoms with E-state index in [0.717, 1.165) is 18.2 Å². The van der Waals surface area contributed by atoms with Gasteiger partial charge in [-0.2, -0.15) is 0 Å². The fraction of sp³-hybridized carbons (Fsp3) is 0.647. The van der Waals surface area contributed by atoms with E-state index < -0.39 is 0 Å². The van der Waals surface area contributed by atoms with Gasteiger partial charge in [-0.1, -0.05) is 18.6 Å². The first-order valence-electron chi connectivity index (χ1n) is 7.93. The van der Waals surface area contributed by atoms with Crippen LogP contribution in [0.3, 0.4) is 0 Å². The molecule has 0 amide bonds. The zero-order valence-electron chi connectivity index (χ0n) is 12.1. The molecular weight excluding hydrogens is 270 g/mol. The van der Waals surface area contributed by atoms with Crippen molar-refractivity contribution >= 4 is 11.6 Å². The minimum atomic E-state index is 0.636. The molecule has 1 aromatic rings. The largest absolute Gasteiger partial charge is 0.494 e. The van der Waals surface area contributed by atoms with Crippen LogP contribution in [0.5, 0.6) is 5.75 Å². The second kappa shape index (κ2) is 6.82. The van der Waals surface area contributed by atoms with Gasteiger partial charge < -0.3 is 4.74 Å². The molecule has 0 aliphatic carbocycles. The Morgan fingerprint density at radius 3 is 2.75 bits per heavy atom. The van der Waals surface area contributed by atoms with Crippen molar-refractivity contribution in [2.45, 2.75) is 50.6 Å². The maximum absolute atomic E-state index is 5.67. The molecule has 1 aromatic carbocycles. The third-order valence-electron chi connectivity index (χ3n) is 4.66. The van der Waals surface area contributed by atoms with Crippen molar-refractivity contribution in [1.82, 2.24) is 4.90 Å². The molecule has 0 radical (unpaired) electrons. The van der Waals surface area contributed by atoms with Gasteiger partial charge in [0.1, 0.15) is 5.75 Å². The molecule has 3 rings (SSSR count). The molecule has 2 aliphatic heterocycles. The van der Waals surface area contributed by atoms with E-state index in [9.17, 15) is 0 Å². The van der Waals surface area contributed by atoms with E-state index in [-0.39, 0.29) is 0 Å². The number of benzene rings is 1. The van der Waals surface area contributed by atoms with Crippen LogP contribution in [0, 0.1) is 0 Å². The molecule has 20 heavy (non-hydrogen) atoms. The first-order chi connectivity index (χ1) is 9.88. The van der Waals surface area contributed by atoms with Gasteiger partial charge in [-0.15, -0.1) is 11.6 Å². The van der Waals surface area contributed by atoms with Crippen LogP contribution in [0.4, 0.5) is 0 Å². The van der Waals surface area contributed by atoms with Gasteiger partial charge in [-0.3, -0.25) is 4.90 Å². The predicted molar refractivity (Wildman–Crippen MR) is 83.6 cm³/mol. The fourth-order valence-corrected chi connectivity index (χ4v) is 3.76. The molecule has 2 atom stereocenters. The normalized spacial score (nSPS) is 26.4. The SMILES string of the molecule is ClCCCOc1ccc(C2CCC3CCCCN32)cc1. The molecule has 2 saturated heterocycles. The molecule has 3 heteroatoms. The fourth-order valence-electron chi connectivity index (χ4n) is 3.65. The third kappa shape index (κ3) is 3.12. The smallest absolute Gasteiger partial charge is 0.119 e. The summed E-state index contributed by atoms with van der Waals surface area (Å²) >= 11 is 5.66. The minimum Gasteiger partial charge on any atom is -0.494 e. The average Bonchev–Trinajstić information content (AvgIpc) is 2.92. The highest BCUT2D eigenvalue weighted by atomic mass is 35.5. The summed E-state index contributed by atoms with van der Waals surface area (Å²) in [6.45, 7) is 1.99.